The van der Waals surface area contributed by atoms with E-state index in [0.29, 0.717) is 0 Å². The van der Waals surface area contributed by atoms with Crippen LogP contribution in [0.15, 0.2) is 0 Å². The second kappa shape index (κ2) is 3.04. The lowest BCUT2D eigenvalue weighted by Gasteiger charge is -2.26. The van der Waals surface area contributed by atoms with Gasteiger partial charge >= 0.3 is 6.18 Å². The van der Waals surface area contributed by atoms with Gasteiger partial charge in [0.05, 0.1) is 7.32 Å². The van der Waals surface area contributed by atoms with Gasteiger partial charge in [-0.3, -0.25) is 0 Å². The highest BCUT2D eigenvalue weighted by atomic mass is 19.4. The van der Waals surface area contributed by atoms with Crippen molar-refractivity contribution in [3.63, 3.8) is 0 Å². The third kappa shape index (κ3) is 7.73. The fourth-order valence-corrected chi connectivity index (χ4v) is 0.163. The molecule has 0 heterocycles. The van der Waals surface area contributed by atoms with E-state index in [1.165, 1.54) is 0 Å². The van der Waals surface area contributed by atoms with Crippen LogP contribution < -0.4 is 10.0 Å². The van der Waals surface area contributed by atoms with Crippen molar-refractivity contribution in [3.8, 4) is 0 Å². The summed E-state index contributed by atoms with van der Waals surface area (Å²) < 4.78 is 36.2. The van der Waals surface area contributed by atoms with E-state index in [1.807, 2.05) is 0 Å². The number of hydrogen-bond acceptors (Lipinski definition) is 3. The van der Waals surface area contributed by atoms with Gasteiger partial charge in [0.15, 0.2) is 0 Å². The highest BCUT2D eigenvalue weighted by molar-refractivity contribution is 6.28. The van der Waals surface area contributed by atoms with Crippen LogP contribution in [0.2, 0.25) is 0 Å². The zero-order chi connectivity index (χ0) is 7.49. The molecule has 0 atom stereocenters. The minimum Gasteiger partial charge on any atom is -0.871 e. The molecule has 0 radical (unpaired) electrons. The minimum absolute atomic E-state index is 1.77. The molecule has 0 fully saturated rings. The molecule has 0 aromatic rings. The molecule has 0 spiro atoms. The van der Waals surface area contributed by atoms with Crippen LogP contribution in [-0.2, 0) is 4.65 Å². The van der Waals surface area contributed by atoms with Gasteiger partial charge in [-0.05, 0) is 0 Å². The second-order valence-electron chi connectivity index (χ2n) is 1.21. The summed E-state index contributed by atoms with van der Waals surface area (Å²) >= 11 is 0. The zero-order valence-electron chi connectivity index (χ0n) is 4.14. The summed E-state index contributed by atoms with van der Waals surface area (Å²) in [6.07, 6.45) is -4.59. The van der Waals surface area contributed by atoms with E-state index in [2.05, 4.69) is 4.65 Å². The third-order valence-corrected chi connectivity index (χ3v) is 0.383. The van der Waals surface area contributed by atoms with Crippen LogP contribution in [0.3, 0.4) is 0 Å². The molecule has 0 aliphatic carbocycles. The molecule has 0 bridgehead atoms. The Morgan fingerprint density at radius 2 is 1.78 bits per heavy atom. The molecule has 0 aromatic heterocycles. The highest BCUT2D eigenvalue weighted by Crippen LogP contribution is 2.13. The van der Waals surface area contributed by atoms with Crippen molar-refractivity contribution in [1.82, 2.24) is 0 Å². The van der Waals surface area contributed by atoms with Gasteiger partial charge in [0.25, 0.3) is 0 Å². The quantitative estimate of drug-likeness (QED) is 0.430. The molecule has 7 heteroatoms. The van der Waals surface area contributed by atoms with E-state index in [9.17, 15) is 23.2 Å². The largest absolute Gasteiger partial charge is 0.871 e. The fraction of sp³-hybridized carbons (Fsp3) is 1.00. The van der Waals surface area contributed by atoms with Crippen molar-refractivity contribution in [1.29, 1.82) is 0 Å². The smallest absolute Gasteiger partial charge is 0.409 e. The van der Waals surface area contributed by atoms with Gasteiger partial charge in [0.2, 0.25) is 0 Å². The van der Waals surface area contributed by atoms with Gasteiger partial charge in [0.1, 0.15) is 6.61 Å². The first-order chi connectivity index (χ1) is 3.92. The maximum absolute atomic E-state index is 11.0. The summed E-state index contributed by atoms with van der Waals surface area (Å²) in [6, 6.07) is 0. The van der Waals surface area contributed by atoms with Crippen molar-refractivity contribution in [3.05, 3.63) is 0 Å². The summed E-state index contributed by atoms with van der Waals surface area (Å²) in [6.45, 7) is -1.77. The Morgan fingerprint density at radius 1 is 1.33 bits per heavy atom. The van der Waals surface area contributed by atoms with Crippen molar-refractivity contribution in [2.24, 2.45) is 0 Å². The van der Waals surface area contributed by atoms with E-state index >= 15 is 0 Å². The van der Waals surface area contributed by atoms with Crippen LogP contribution in [-0.4, -0.2) is 20.1 Å². The number of rotatable bonds is 2. The molecule has 0 aromatic carbocycles. The molecule has 9 heavy (non-hydrogen) atoms. The standard InChI is InChI=1S/C2H2BF3O3/c4-2(5,6)1-9-3(7)8/h1H2/q-2. The molecule has 3 nitrogen and oxygen atoms in total. The lowest BCUT2D eigenvalue weighted by Crippen LogP contribution is -2.49. The van der Waals surface area contributed by atoms with Crippen molar-refractivity contribution in [2.75, 3.05) is 6.61 Å². The summed E-state index contributed by atoms with van der Waals surface area (Å²) in [5.41, 5.74) is 0. The Bertz CT molecular complexity index is 81.6. The van der Waals surface area contributed by atoms with Gasteiger partial charge in [-0.2, -0.15) is 13.2 Å². The lowest BCUT2D eigenvalue weighted by molar-refractivity contribution is -0.386. The molecule has 0 N–H and O–H groups in total. The normalized spacial score (nSPS) is 11.7. The summed E-state index contributed by atoms with van der Waals surface area (Å²) in [7, 11) is -2.85. The summed E-state index contributed by atoms with van der Waals surface area (Å²) in [5, 5.41) is 18.6. The number of alkyl halides is 3. The van der Waals surface area contributed by atoms with Crippen LogP contribution >= 0.6 is 0 Å². The SMILES string of the molecule is [O-]B([O-])OCC(F)(F)F. The zero-order valence-corrected chi connectivity index (χ0v) is 4.14. The Balaban J connectivity index is 3.28. The van der Waals surface area contributed by atoms with Crippen molar-refractivity contribution >= 4 is 7.32 Å². The van der Waals surface area contributed by atoms with Crippen molar-refractivity contribution < 1.29 is 27.9 Å². The predicted octanol–water partition coefficient (Wildman–Crippen LogP) is -1.73. The van der Waals surface area contributed by atoms with E-state index in [1.54, 1.807) is 0 Å². The van der Waals surface area contributed by atoms with Crippen LogP contribution in [0.25, 0.3) is 0 Å². The van der Waals surface area contributed by atoms with E-state index in [0.717, 1.165) is 0 Å². The third-order valence-electron chi connectivity index (χ3n) is 0.383. The molecular weight excluding hydrogens is 140 g/mol. The monoisotopic (exact) mass is 142 g/mol. The molecule has 0 aliphatic rings. The molecule has 0 rings (SSSR count). The minimum atomic E-state index is -4.59. The molecule has 0 unspecified atom stereocenters. The van der Waals surface area contributed by atoms with Crippen molar-refractivity contribution in [2.45, 2.75) is 6.18 Å². The second-order valence-corrected chi connectivity index (χ2v) is 1.21. The molecule has 0 aliphatic heterocycles. The lowest BCUT2D eigenvalue weighted by atomic mass is 10.3. The van der Waals surface area contributed by atoms with Crippen LogP contribution in [0, 0.1) is 0 Å². The first-order valence-corrected chi connectivity index (χ1v) is 1.92. The van der Waals surface area contributed by atoms with Gasteiger partial charge in [-0.15, -0.1) is 0 Å². The summed E-state index contributed by atoms with van der Waals surface area (Å²) in [5.74, 6) is 0. The van der Waals surface area contributed by atoms with Gasteiger partial charge < -0.3 is 14.7 Å². The van der Waals surface area contributed by atoms with Gasteiger partial charge in [0, 0.05) is 0 Å². The average molecular weight is 142 g/mol. The Labute approximate surface area is 49.2 Å². The van der Waals surface area contributed by atoms with Crippen LogP contribution in [0.4, 0.5) is 13.2 Å². The Morgan fingerprint density at radius 3 is 1.89 bits per heavy atom. The highest BCUT2D eigenvalue weighted by Gasteiger charge is 2.26. The van der Waals surface area contributed by atoms with E-state index in [4.69, 9.17) is 0 Å². The maximum atomic E-state index is 11.0. The number of halogens is 3. The predicted molar refractivity (Wildman–Crippen MR) is 17.8 cm³/mol. The topological polar surface area (TPSA) is 55.3 Å². The van der Waals surface area contributed by atoms with E-state index in [-0.39, 0.29) is 0 Å². The molecule has 0 saturated carbocycles. The average Bonchev–Trinajstić information content (AvgIpc) is 1.59. The molecular formula is C2H2BF3O3-2. The molecule has 0 saturated heterocycles. The maximum Gasteiger partial charge on any atom is 0.409 e. The molecule has 0 amide bonds. The Hall–Kier alpha value is -0.265. The van der Waals surface area contributed by atoms with Crippen LogP contribution in [0.1, 0.15) is 0 Å². The first-order valence-electron chi connectivity index (χ1n) is 1.92. The van der Waals surface area contributed by atoms with Crippen LogP contribution in [0.5, 0.6) is 0 Å². The fourth-order valence-electron chi connectivity index (χ4n) is 0.163. The molecule has 54 valence electrons. The Kier molecular flexibility index (Phi) is 2.95. The van der Waals surface area contributed by atoms with E-state index < -0.39 is 20.1 Å². The van der Waals surface area contributed by atoms with Gasteiger partial charge in [-0.1, -0.05) is 0 Å². The van der Waals surface area contributed by atoms with Gasteiger partial charge in [-0.25, -0.2) is 0 Å². The first kappa shape index (κ1) is 8.73. The number of hydrogen-bond donors (Lipinski definition) is 0. The summed E-state index contributed by atoms with van der Waals surface area (Å²) in [4.78, 5) is 0.